The van der Waals surface area contributed by atoms with E-state index in [-0.39, 0.29) is 18.3 Å². The maximum atomic E-state index is 6.33. The van der Waals surface area contributed by atoms with Gasteiger partial charge in [-0.05, 0) is 51.3 Å². The van der Waals surface area contributed by atoms with Crippen molar-refractivity contribution in [3.8, 4) is 0 Å². The predicted octanol–water partition coefficient (Wildman–Crippen LogP) is 2.75. The van der Waals surface area contributed by atoms with Crippen LogP contribution in [0.4, 0.5) is 0 Å². The maximum absolute atomic E-state index is 6.33. The fourth-order valence-electron chi connectivity index (χ4n) is 2.20. The molecule has 1 saturated heterocycles. The average molecular weight is 296 g/mol. The molecule has 0 aliphatic carbocycles. The maximum Gasteiger partial charge on any atom is 0.495 e. The number of hydrogen-bond acceptors (Lipinski definition) is 3. The molecule has 0 unspecified atom stereocenters. The van der Waals surface area contributed by atoms with E-state index in [9.17, 15) is 0 Å². The molecule has 0 aromatic heterocycles. The van der Waals surface area contributed by atoms with Crippen LogP contribution in [0.15, 0.2) is 18.2 Å². The molecule has 1 heterocycles. The number of halogens is 1. The quantitative estimate of drug-likeness (QED) is 0.867. The van der Waals surface area contributed by atoms with E-state index < -0.39 is 0 Å². The van der Waals surface area contributed by atoms with Crippen LogP contribution in [0.5, 0.6) is 0 Å². The smallest absolute Gasteiger partial charge is 0.399 e. The summed E-state index contributed by atoms with van der Waals surface area (Å²) < 4.78 is 12.2. The normalized spacial score (nSPS) is 20.4. The third kappa shape index (κ3) is 2.89. The molecule has 1 aromatic carbocycles. The van der Waals surface area contributed by atoms with E-state index in [2.05, 4.69) is 39.9 Å². The molecule has 0 spiro atoms. The summed E-state index contributed by atoms with van der Waals surface area (Å²) >= 11 is 6.33. The molecule has 1 fully saturated rings. The number of benzene rings is 1. The Kier molecular flexibility index (Phi) is 4.50. The van der Waals surface area contributed by atoms with Crippen molar-refractivity contribution in [3.05, 3.63) is 28.8 Å². The molecule has 0 saturated carbocycles. The Balaban J connectivity index is 2.32. The van der Waals surface area contributed by atoms with E-state index in [1.165, 1.54) is 0 Å². The van der Waals surface area contributed by atoms with Gasteiger partial charge in [-0.1, -0.05) is 30.7 Å². The van der Waals surface area contributed by atoms with Crippen LogP contribution < -0.4 is 10.8 Å². The van der Waals surface area contributed by atoms with E-state index in [0.29, 0.717) is 0 Å². The van der Waals surface area contributed by atoms with Crippen molar-refractivity contribution in [1.29, 1.82) is 0 Å². The van der Waals surface area contributed by atoms with Gasteiger partial charge < -0.3 is 14.6 Å². The lowest BCUT2D eigenvalue weighted by Gasteiger charge is -2.32. The number of nitrogens with one attached hydrogen (secondary N) is 1. The largest absolute Gasteiger partial charge is 0.495 e. The van der Waals surface area contributed by atoms with Crippen molar-refractivity contribution in [3.63, 3.8) is 0 Å². The lowest BCUT2D eigenvalue weighted by molar-refractivity contribution is 0.00578. The molecular weight excluding hydrogens is 272 g/mol. The first-order valence-electron chi connectivity index (χ1n) is 7.12. The molecule has 0 amide bonds. The highest BCUT2D eigenvalue weighted by atomic mass is 35.5. The van der Waals surface area contributed by atoms with Crippen molar-refractivity contribution in [1.82, 2.24) is 5.32 Å². The molecular formula is C15H23BClNO2. The van der Waals surface area contributed by atoms with Gasteiger partial charge in [0.1, 0.15) is 0 Å². The molecule has 110 valence electrons. The molecule has 0 radical (unpaired) electrons. The molecule has 5 heteroatoms. The third-order valence-electron chi connectivity index (χ3n) is 4.21. The summed E-state index contributed by atoms with van der Waals surface area (Å²) in [6.45, 7) is 11.9. The number of rotatable bonds is 4. The summed E-state index contributed by atoms with van der Waals surface area (Å²) in [6, 6.07) is 5.88. The van der Waals surface area contributed by atoms with Gasteiger partial charge in [0, 0.05) is 11.6 Å². The first-order valence-corrected chi connectivity index (χ1v) is 7.50. The van der Waals surface area contributed by atoms with Gasteiger partial charge in [-0.25, -0.2) is 0 Å². The zero-order valence-electron chi connectivity index (χ0n) is 12.9. The van der Waals surface area contributed by atoms with Gasteiger partial charge in [0.2, 0.25) is 0 Å². The van der Waals surface area contributed by atoms with Crippen molar-refractivity contribution in [2.24, 2.45) is 0 Å². The summed E-state index contributed by atoms with van der Waals surface area (Å²) in [4.78, 5) is 0. The summed E-state index contributed by atoms with van der Waals surface area (Å²) in [5.41, 5.74) is 1.39. The highest BCUT2D eigenvalue weighted by Crippen LogP contribution is 2.37. The van der Waals surface area contributed by atoms with Crippen LogP contribution in [0, 0.1) is 0 Å². The van der Waals surface area contributed by atoms with Crippen molar-refractivity contribution in [2.75, 3.05) is 6.54 Å². The fourth-order valence-corrected chi connectivity index (χ4v) is 2.45. The second kappa shape index (κ2) is 5.68. The molecule has 1 aromatic rings. The Labute approximate surface area is 127 Å². The van der Waals surface area contributed by atoms with Crippen LogP contribution in [0.1, 0.15) is 40.2 Å². The summed E-state index contributed by atoms with van der Waals surface area (Å²) in [5.74, 6) is 0. The minimum atomic E-state index is -0.368. The second-order valence-corrected chi connectivity index (χ2v) is 6.58. The minimum absolute atomic E-state index is 0.338. The Bertz CT molecular complexity index is 475. The first kappa shape index (κ1) is 15.8. The lowest BCUT2D eigenvalue weighted by Crippen LogP contribution is -2.41. The molecule has 1 aliphatic heterocycles. The predicted molar refractivity (Wildman–Crippen MR) is 84.5 cm³/mol. The van der Waals surface area contributed by atoms with Gasteiger partial charge in [0.25, 0.3) is 0 Å². The van der Waals surface area contributed by atoms with Crippen molar-refractivity contribution >= 4 is 24.2 Å². The molecule has 1 aliphatic rings. The number of hydrogen-bond donors (Lipinski definition) is 1. The van der Waals surface area contributed by atoms with Crippen LogP contribution in [-0.4, -0.2) is 24.9 Å². The standard InChI is InChI=1S/C15H23BClNO2/c1-6-18-10-11-12(8-7-9-13(11)17)16-19-14(2,3)15(4,5)20-16/h7-9,18H,6,10H2,1-5H3. The fraction of sp³-hybridized carbons (Fsp3) is 0.600. The molecule has 20 heavy (non-hydrogen) atoms. The van der Waals surface area contributed by atoms with Gasteiger partial charge in [0.15, 0.2) is 0 Å². The summed E-state index contributed by atoms with van der Waals surface area (Å²) in [7, 11) is -0.368. The van der Waals surface area contributed by atoms with Crippen LogP contribution >= 0.6 is 11.6 Å². The highest BCUT2D eigenvalue weighted by molar-refractivity contribution is 6.63. The van der Waals surface area contributed by atoms with Gasteiger partial charge >= 0.3 is 7.12 Å². The molecule has 2 rings (SSSR count). The van der Waals surface area contributed by atoms with Crippen LogP contribution in [0.25, 0.3) is 0 Å². The molecule has 0 atom stereocenters. The van der Waals surface area contributed by atoms with Crippen molar-refractivity contribution < 1.29 is 9.31 Å². The Morgan fingerprint density at radius 2 is 1.75 bits per heavy atom. The second-order valence-electron chi connectivity index (χ2n) is 6.18. The monoisotopic (exact) mass is 295 g/mol. The lowest BCUT2D eigenvalue weighted by atomic mass is 9.76. The van der Waals surface area contributed by atoms with E-state index in [4.69, 9.17) is 20.9 Å². The van der Waals surface area contributed by atoms with Gasteiger partial charge in [0.05, 0.1) is 11.2 Å². The van der Waals surface area contributed by atoms with E-state index >= 15 is 0 Å². The van der Waals surface area contributed by atoms with Crippen LogP contribution in [-0.2, 0) is 15.9 Å². The van der Waals surface area contributed by atoms with Crippen molar-refractivity contribution in [2.45, 2.75) is 52.4 Å². The molecule has 1 N–H and O–H groups in total. The van der Waals surface area contributed by atoms with Crippen LogP contribution in [0.2, 0.25) is 5.02 Å². The highest BCUT2D eigenvalue weighted by Gasteiger charge is 2.52. The summed E-state index contributed by atoms with van der Waals surface area (Å²) in [5, 5.41) is 4.06. The zero-order valence-corrected chi connectivity index (χ0v) is 13.7. The van der Waals surface area contributed by atoms with Gasteiger partial charge in [-0.3, -0.25) is 0 Å². The molecule has 0 bridgehead atoms. The average Bonchev–Trinajstić information content (AvgIpc) is 2.56. The zero-order chi connectivity index (χ0) is 15.0. The molecule has 3 nitrogen and oxygen atoms in total. The topological polar surface area (TPSA) is 30.5 Å². The van der Waals surface area contributed by atoms with E-state index in [1.54, 1.807) is 0 Å². The van der Waals surface area contributed by atoms with E-state index in [1.807, 2.05) is 18.2 Å². The summed E-state index contributed by atoms with van der Waals surface area (Å²) in [6.07, 6.45) is 0. The first-order chi connectivity index (χ1) is 9.28. The Hall–Kier alpha value is -0.545. The van der Waals surface area contributed by atoms with E-state index in [0.717, 1.165) is 29.1 Å². The minimum Gasteiger partial charge on any atom is -0.399 e. The van der Waals surface area contributed by atoms with Gasteiger partial charge in [-0.2, -0.15) is 0 Å². The Morgan fingerprint density at radius 1 is 1.15 bits per heavy atom. The third-order valence-corrected chi connectivity index (χ3v) is 4.57. The SMILES string of the molecule is CCNCc1c(Cl)cccc1B1OC(C)(C)C(C)(C)O1. The van der Waals surface area contributed by atoms with Gasteiger partial charge in [-0.15, -0.1) is 0 Å². The Morgan fingerprint density at radius 3 is 2.30 bits per heavy atom. The van der Waals surface area contributed by atoms with Crippen LogP contribution in [0.3, 0.4) is 0 Å².